The summed E-state index contributed by atoms with van der Waals surface area (Å²) in [5, 5.41) is 26.4. The van der Waals surface area contributed by atoms with Crippen molar-refractivity contribution in [3.63, 3.8) is 0 Å². The molecule has 6 atom stereocenters. The molecule has 2 unspecified atom stereocenters. The van der Waals surface area contributed by atoms with Gasteiger partial charge < -0.3 is 16.0 Å². The van der Waals surface area contributed by atoms with Crippen molar-refractivity contribution in [2.45, 2.75) is 137 Å². The number of halogens is 6. The zero-order valence-electron chi connectivity index (χ0n) is 54.4. The average Bonchev–Trinajstić information content (AvgIpc) is 1.13. The molecule has 36 heteroatoms. The Morgan fingerprint density at radius 3 is 0.902 bits per heavy atom. The fourth-order valence-corrected chi connectivity index (χ4v) is 18.2. The number of carbonyl (C=O) groups excluding carboxylic acids is 3. The van der Waals surface area contributed by atoms with Crippen LogP contribution < -0.4 is 30.1 Å². The average molecular weight is 1580 g/mol. The quantitative estimate of drug-likeness (QED) is 0.0559. The summed E-state index contributed by atoms with van der Waals surface area (Å²) in [6.07, 6.45) is 11.8. The van der Waals surface area contributed by atoms with Crippen LogP contribution >= 0.6 is 68.8 Å². The number of nitrogens with zero attached hydrogens (tertiary/aromatic N) is 9. The number of benzene rings is 3. The molecule has 12 rings (SSSR count). The Morgan fingerprint density at radius 2 is 0.686 bits per heavy atom. The standard InChI is InChI=1S/3C21H23ClFN5O3S2.3CH4/c3*1-12(2)28-10-14(9-24-28)13-6-20(32-11-13)18-8-19(27(3)33(30,31)26-18)21(29)25-15-4-5-17(23)16(22)7-15;;;/h3*4-7,9-12,18-19,26H,8H2,1-3H3,(H,25,29);3*1H4/t2*18-,19+;;;;/m10..../s1. The second kappa shape index (κ2) is 33.9. The maximum Gasteiger partial charge on any atom is 0.280 e. The Morgan fingerprint density at radius 1 is 0.441 bits per heavy atom. The Kier molecular flexibility index (Phi) is 27.4. The van der Waals surface area contributed by atoms with Gasteiger partial charge >= 0.3 is 0 Å². The highest BCUT2D eigenvalue weighted by atomic mass is 35.5. The van der Waals surface area contributed by atoms with Crippen LogP contribution in [0.15, 0.2) is 126 Å². The van der Waals surface area contributed by atoms with Crippen molar-refractivity contribution in [3.8, 4) is 33.4 Å². The zero-order chi connectivity index (χ0) is 71.7. The Labute approximate surface area is 620 Å². The van der Waals surface area contributed by atoms with Crippen molar-refractivity contribution in [2.24, 2.45) is 0 Å². The molecule has 0 saturated carbocycles. The lowest BCUT2D eigenvalue weighted by Gasteiger charge is -2.35. The van der Waals surface area contributed by atoms with Crippen molar-refractivity contribution in [1.29, 1.82) is 0 Å². The second-order valence-corrected chi connectivity index (χ2v) is 33.6. The lowest BCUT2D eigenvalue weighted by atomic mass is 10.0. The van der Waals surface area contributed by atoms with Crippen molar-refractivity contribution >= 4 is 134 Å². The van der Waals surface area contributed by atoms with Crippen LogP contribution in [0.4, 0.5) is 30.2 Å². The van der Waals surface area contributed by atoms with Gasteiger partial charge in [-0.05, 0) is 166 Å². The van der Waals surface area contributed by atoms with Crippen molar-refractivity contribution in [2.75, 3.05) is 37.1 Å². The van der Waals surface area contributed by atoms with Crippen molar-refractivity contribution in [3.05, 3.63) is 173 Å². The highest BCUT2D eigenvalue weighted by Crippen LogP contribution is 2.39. The van der Waals surface area contributed by atoms with Crippen LogP contribution in [0.5, 0.6) is 0 Å². The van der Waals surface area contributed by atoms with Crippen LogP contribution in [0.1, 0.15) is 134 Å². The summed E-state index contributed by atoms with van der Waals surface area (Å²) in [6.45, 7) is 12.2. The number of hydrogen-bond acceptors (Lipinski definition) is 15. The molecular formula is C66H81Cl3F3N15O9S6. The zero-order valence-corrected chi connectivity index (χ0v) is 61.5. The Hall–Kier alpha value is -6.93. The van der Waals surface area contributed by atoms with Gasteiger partial charge in [0.1, 0.15) is 35.6 Å². The largest absolute Gasteiger partial charge is 0.325 e. The van der Waals surface area contributed by atoms with Gasteiger partial charge in [0.15, 0.2) is 0 Å². The van der Waals surface area contributed by atoms with E-state index >= 15 is 0 Å². The van der Waals surface area contributed by atoms with Crippen LogP contribution in [0.3, 0.4) is 0 Å². The maximum absolute atomic E-state index is 13.4. The molecule has 3 amide bonds. The summed E-state index contributed by atoms with van der Waals surface area (Å²) >= 11 is 21.6. The van der Waals surface area contributed by atoms with Crippen LogP contribution in [-0.4, -0.2) is 125 Å². The fraction of sp³-hybridized carbons (Fsp3) is 0.364. The third-order valence-corrected chi connectivity index (χ3v) is 25.2. The van der Waals surface area contributed by atoms with Crippen molar-refractivity contribution in [1.82, 2.24) is 56.4 Å². The monoisotopic (exact) mass is 1580 g/mol. The number of anilines is 3. The van der Waals surface area contributed by atoms with Gasteiger partial charge in [-0.15, -0.1) is 34.0 Å². The smallest absolute Gasteiger partial charge is 0.280 e. The molecule has 3 fully saturated rings. The SMILES string of the molecule is C.C.C.CC(C)n1cc(-c2csc(C3CC(C(=O)Nc4ccc(F)c(Cl)c4)N(C)S(=O)(=O)N3)c2)cn1.CC(C)n1cc(-c2csc([C@@H]3C[C@H](C(=O)Nc4ccc(F)c(Cl)c4)N(C)S(=O)(=O)N3)c2)cn1.CC(C)n1cc(-c2csc([C@H]3C[C@@H](C(=O)Nc4ccc(F)c(Cl)c4)N(C)S(=O)(=O)N3)c2)cn1. The van der Waals surface area contributed by atoms with E-state index in [1.165, 1.54) is 91.6 Å². The number of likely N-dealkylation sites (N-methyl/N-ethyl adjacent to an activating group) is 3. The summed E-state index contributed by atoms with van der Waals surface area (Å²) in [7, 11) is -7.64. The van der Waals surface area contributed by atoms with Crippen LogP contribution in [0.25, 0.3) is 33.4 Å². The van der Waals surface area contributed by atoms with Crippen LogP contribution in [0.2, 0.25) is 15.1 Å². The van der Waals surface area contributed by atoms with Gasteiger partial charge in [0.2, 0.25) is 17.7 Å². The lowest BCUT2D eigenvalue weighted by Crippen LogP contribution is -2.55. The van der Waals surface area contributed by atoms with Gasteiger partial charge in [-0.25, -0.2) is 13.2 Å². The van der Waals surface area contributed by atoms with E-state index < -0.39 is 102 Å². The Balaban J connectivity index is 0.000000211. The molecular weight excluding hydrogens is 1500 g/mol. The first-order chi connectivity index (χ1) is 46.6. The molecule has 0 aliphatic carbocycles. The van der Waals surface area contributed by atoms with Gasteiger partial charge in [-0.2, -0.15) is 67.6 Å². The molecule has 0 spiro atoms. The minimum Gasteiger partial charge on any atom is -0.325 e. The van der Waals surface area contributed by atoms with E-state index in [0.717, 1.165) is 79.1 Å². The normalized spacial score (nSPS) is 20.2. The second-order valence-electron chi connectivity index (χ2n) is 24.3. The summed E-state index contributed by atoms with van der Waals surface area (Å²) in [5.74, 6) is -3.39. The molecule has 102 heavy (non-hydrogen) atoms. The van der Waals surface area contributed by atoms with Gasteiger partial charge in [0, 0.05) is 106 Å². The topological polar surface area (TPSA) is 289 Å². The molecule has 3 aliphatic rings. The number of nitrogens with one attached hydrogen (secondary N) is 6. The molecule has 3 aliphatic heterocycles. The number of rotatable bonds is 15. The summed E-state index contributed by atoms with van der Waals surface area (Å²) in [6, 6.07) is 13.2. The first-order valence-electron chi connectivity index (χ1n) is 30.6. The van der Waals surface area contributed by atoms with E-state index in [9.17, 15) is 52.8 Å². The Bertz CT molecular complexity index is 4340. The number of amides is 3. The minimum absolute atomic E-state index is 0. The highest BCUT2D eigenvalue weighted by Gasteiger charge is 2.44. The first kappa shape index (κ1) is 82.4. The fourth-order valence-electron chi connectivity index (χ4n) is 10.7. The molecule has 9 aromatic rings. The molecule has 9 heterocycles. The molecule has 6 N–H and O–H groups in total. The van der Waals surface area contributed by atoms with Gasteiger partial charge in [-0.3, -0.25) is 28.4 Å². The summed E-state index contributed by atoms with van der Waals surface area (Å²) in [5.41, 5.74) is 6.46. The predicted molar refractivity (Wildman–Crippen MR) is 401 cm³/mol. The molecule has 0 radical (unpaired) electrons. The third-order valence-electron chi connectivity index (χ3n) is 16.5. The summed E-state index contributed by atoms with van der Waals surface area (Å²) < 4.78 is 133. The van der Waals surface area contributed by atoms with Gasteiger partial charge in [-0.1, -0.05) is 57.1 Å². The molecule has 6 aromatic heterocycles. The van der Waals surface area contributed by atoms with Gasteiger partial charge in [0.25, 0.3) is 30.6 Å². The number of carbonyl (C=O) groups is 3. The first-order valence-corrected chi connectivity index (χ1v) is 38.7. The maximum atomic E-state index is 13.4. The number of thiophene rings is 3. The molecule has 3 saturated heterocycles. The van der Waals surface area contributed by atoms with E-state index in [0.29, 0.717) is 0 Å². The van der Waals surface area contributed by atoms with Crippen molar-refractivity contribution < 1.29 is 52.8 Å². The lowest BCUT2D eigenvalue weighted by molar-refractivity contribution is -0.120. The van der Waals surface area contributed by atoms with E-state index in [-0.39, 0.29) is 91.8 Å². The minimum atomic E-state index is -3.90. The molecule has 24 nitrogen and oxygen atoms in total. The van der Waals surface area contributed by atoms with Crippen LogP contribution in [-0.2, 0) is 45.0 Å². The van der Waals surface area contributed by atoms with E-state index in [1.807, 2.05) is 109 Å². The molecule has 552 valence electrons. The molecule has 3 aromatic carbocycles. The molecule has 0 bridgehead atoms. The van der Waals surface area contributed by atoms with Gasteiger partial charge in [0.05, 0.1) is 51.8 Å². The highest BCUT2D eigenvalue weighted by molar-refractivity contribution is 7.87. The predicted octanol–water partition coefficient (Wildman–Crippen LogP) is 14.5. The summed E-state index contributed by atoms with van der Waals surface area (Å²) in [4.78, 5) is 41.2. The van der Waals surface area contributed by atoms with E-state index in [4.69, 9.17) is 34.8 Å². The third kappa shape index (κ3) is 19.1. The van der Waals surface area contributed by atoms with E-state index in [2.05, 4.69) is 45.4 Å². The van der Waals surface area contributed by atoms with E-state index in [1.54, 1.807) is 18.6 Å². The van der Waals surface area contributed by atoms with Crippen LogP contribution in [0, 0.1) is 17.5 Å². The number of hydrogen-bond donors (Lipinski definition) is 6. The number of aromatic nitrogens is 6.